The highest BCUT2D eigenvalue weighted by atomic mass is 16.5. The van der Waals surface area contributed by atoms with Crippen LogP contribution in [0.1, 0.15) is 12.8 Å². The van der Waals surface area contributed by atoms with Crippen molar-refractivity contribution >= 4 is 18.3 Å². The number of esters is 1. The van der Waals surface area contributed by atoms with E-state index in [1.54, 1.807) is 0 Å². The van der Waals surface area contributed by atoms with Gasteiger partial charge in [0.15, 0.2) is 0 Å². The molecule has 7 heteroatoms. The smallest absolute Gasteiger partial charge is 0.328 e. The molecule has 0 aromatic rings. The minimum atomic E-state index is -0.866. The minimum absolute atomic E-state index is 0.0673. The second kappa shape index (κ2) is 6.84. The first-order valence-electron chi connectivity index (χ1n) is 3.86. The third-order valence-corrected chi connectivity index (χ3v) is 1.54. The quantitative estimate of drug-likeness (QED) is 0.213. The maximum absolute atomic E-state index is 11.0. The van der Waals surface area contributed by atoms with Crippen molar-refractivity contribution in [3.63, 3.8) is 0 Å². The van der Waals surface area contributed by atoms with Crippen LogP contribution in [0.3, 0.4) is 0 Å². The number of amides is 2. The Balaban J connectivity index is 4.02. The van der Waals surface area contributed by atoms with Crippen LogP contribution < -0.4 is 10.8 Å². The lowest BCUT2D eigenvalue weighted by atomic mass is 10.1. The molecule has 0 radical (unpaired) electrons. The van der Waals surface area contributed by atoms with Gasteiger partial charge in [-0.2, -0.15) is 0 Å². The molecule has 0 saturated heterocycles. The normalized spacial score (nSPS) is 11.3. The molecule has 1 unspecified atom stereocenters. The van der Waals surface area contributed by atoms with Crippen LogP contribution in [0.15, 0.2) is 0 Å². The molecule has 0 fully saturated rings. The molecule has 0 aliphatic carbocycles. The SMILES string of the molecule is COC(=O)C(CCC(=O)NO)NC=O. The average molecular weight is 204 g/mol. The van der Waals surface area contributed by atoms with Gasteiger partial charge in [-0.05, 0) is 6.42 Å². The first-order valence-corrected chi connectivity index (χ1v) is 3.86. The van der Waals surface area contributed by atoms with Gasteiger partial charge < -0.3 is 10.1 Å². The Morgan fingerprint density at radius 1 is 1.57 bits per heavy atom. The van der Waals surface area contributed by atoms with Crippen molar-refractivity contribution < 1.29 is 24.3 Å². The molecule has 0 heterocycles. The molecule has 7 nitrogen and oxygen atoms in total. The van der Waals surface area contributed by atoms with Gasteiger partial charge in [-0.1, -0.05) is 0 Å². The van der Waals surface area contributed by atoms with Crippen LogP contribution >= 0.6 is 0 Å². The summed E-state index contributed by atoms with van der Waals surface area (Å²) in [6.45, 7) is 0. The van der Waals surface area contributed by atoms with Crippen molar-refractivity contribution in [1.29, 1.82) is 0 Å². The van der Waals surface area contributed by atoms with Crippen LogP contribution in [0.25, 0.3) is 0 Å². The molecule has 0 aromatic carbocycles. The topological polar surface area (TPSA) is 105 Å². The lowest BCUT2D eigenvalue weighted by Crippen LogP contribution is -2.37. The molecule has 3 N–H and O–H groups in total. The van der Waals surface area contributed by atoms with Gasteiger partial charge in [-0.25, -0.2) is 10.3 Å². The van der Waals surface area contributed by atoms with E-state index in [1.165, 1.54) is 12.6 Å². The molecule has 1 atom stereocenters. The number of hydroxylamine groups is 1. The molecule has 0 bridgehead atoms. The molecular weight excluding hydrogens is 192 g/mol. The van der Waals surface area contributed by atoms with Crippen molar-refractivity contribution in [3.05, 3.63) is 0 Å². The second-order valence-corrected chi connectivity index (χ2v) is 2.43. The van der Waals surface area contributed by atoms with Crippen molar-refractivity contribution in [2.45, 2.75) is 18.9 Å². The van der Waals surface area contributed by atoms with E-state index < -0.39 is 17.9 Å². The lowest BCUT2D eigenvalue weighted by Gasteiger charge is -2.12. The molecule has 0 saturated carbocycles. The maximum Gasteiger partial charge on any atom is 0.328 e. The van der Waals surface area contributed by atoms with Crippen molar-refractivity contribution in [3.8, 4) is 0 Å². The summed E-state index contributed by atoms with van der Waals surface area (Å²) < 4.78 is 4.38. The zero-order valence-electron chi connectivity index (χ0n) is 7.65. The predicted molar refractivity (Wildman–Crippen MR) is 44.2 cm³/mol. The Morgan fingerprint density at radius 2 is 2.21 bits per heavy atom. The van der Waals surface area contributed by atoms with Gasteiger partial charge in [0.1, 0.15) is 6.04 Å². The number of hydrogen-bond acceptors (Lipinski definition) is 5. The van der Waals surface area contributed by atoms with Gasteiger partial charge in [0.25, 0.3) is 0 Å². The van der Waals surface area contributed by atoms with E-state index in [1.807, 2.05) is 0 Å². The molecule has 0 aliphatic rings. The Bertz CT molecular complexity index is 218. The van der Waals surface area contributed by atoms with Crippen LogP contribution in [-0.4, -0.2) is 36.6 Å². The summed E-state index contributed by atoms with van der Waals surface area (Å²) >= 11 is 0. The molecule has 14 heavy (non-hydrogen) atoms. The highest BCUT2D eigenvalue weighted by Gasteiger charge is 2.18. The van der Waals surface area contributed by atoms with Gasteiger partial charge in [0, 0.05) is 6.42 Å². The zero-order valence-corrected chi connectivity index (χ0v) is 7.65. The number of methoxy groups -OCH3 is 1. The number of nitrogens with one attached hydrogen (secondary N) is 2. The van der Waals surface area contributed by atoms with E-state index in [9.17, 15) is 14.4 Å². The molecule has 2 amide bonds. The van der Waals surface area contributed by atoms with Gasteiger partial charge in [-0.15, -0.1) is 0 Å². The number of carbonyl (C=O) groups excluding carboxylic acids is 3. The molecular formula is C7H12N2O5. The third-order valence-electron chi connectivity index (χ3n) is 1.54. The van der Waals surface area contributed by atoms with Gasteiger partial charge >= 0.3 is 5.97 Å². The van der Waals surface area contributed by atoms with E-state index in [0.29, 0.717) is 6.41 Å². The fourth-order valence-corrected chi connectivity index (χ4v) is 0.825. The van der Waals surface area contributed by atoms with E-state index >= 15 is 0 Å². The summed E-state index contributed by atoms with van der Waals surface area (Å²) in [5.41, 5.74) is 1.41. The largest absolute Gasteiger partial charge is 0.467 e. The highest BCUT2D eigenvalue weighted by Crippen LogP contribution is 1.98. The monoisotopic (exact) mass is 204 g/mol. The van der Waals surface area contributed by atoms with Gasteiger partial charge in [-0.3, -0.25) is 14.8 Å². The second-order valence-electron chi connectivity index (χ2n) is 2.43. The first kappa shape index (κ1) is 12.4. The van der Waals surface area contributed by atoms with Gasteiger partial charge in [0.05, 0.1) is 7.11 Å². The molecule has 0 aromatic heterocycles. The maximum atomic E-state index is 11.0. The Kier molecular flexibility index (Phi) is 6.04. The van der Waals surface area contributed by atoms with Crippen molar-refractivity contribution in [2.75, 3.05) is 7.11 Å². The fourth-order valence-electron chi connectivity index (χ4n) is 0.825. The van der Waals surface area contributed by atoms with Crippen LogP contribution in [-0.2, 0) is 19.1 Å². The summed E-state index contributed by atoms with van der Waals surface area (Å²) in [6.07, 6.45) is 0.327. The summed E-state index contributed by atoms with van der Waals surface area (Å²) in [4.78, 5) is 31.6. The van der Waals surface area contributed by atoms with Crippen LogP contribution in [0, 0.1) is 0 Å². The highest BCUT2D eigenvalue weighted by molar-refractivity contribution is 5.80. The zero-order chi connectivity index (χ0) is 11.0. The lowest BCUT2D eigenvalue weighted by molar-refractivity contribution is -0.144. The number of carbonyl (C=O) groups is 3. The summed E-state index contributed by atoms with van der Waals surface area (Å²) in [5, 5.41) is 10.4. The summed E-state index contributed by atoms with van der Waals surface area (Å²) in [7, 11) is 1.17. The Hall–Kier alpha value is -1.63. The Morgan fingerprint density at radius 3 is 2.64 bits per heavy atom. The summed E-state index contributed by atoms with van der Waals surface area (Å²) in [5.74, 6) is -1.27. The molecule has 0 spiro atoms. The van der Waals surface area contributed by atoms with Crippen LogP contribution in [0.4, 0.5) is 0 Å². The first-order chi connectivity index (χ1) is 6.65. The van der Waals surface area contributed by atoms with Crippen LogP contribution in [0.5, 0.6) is 0 Å². The minimum Gasteiger partial charge on any atom is -0.467 e. The van der Waals surface area contributed by atoms with E-state index in [0.717, 1.165) is 0 Å². The van der Waals surface area contributed by atoms with E-state index in [4.69, 9.17) is 5.21 Å². The number of rotatable bonds is 6. The van der Waals surface area contributed by atoms with Crippen molar-refractivity contribution in [1.82, 2.24) is 10.8 Å². The number of ether oxygens (including phenoxy) is 1. The van der Waals surface area contributed by atoms with Gasteiger partial charge in [0.2, 0.25) is 12.3 Å². The summed E-state index contributed by atoms with van der Waals surface area (Å²) in [6, 6.07) is -0.866. The predicted octanol–water partition coefficient (Wildman–Crippen LogP) is -1.44. The average Bonchev–Trinajstić information content (AvgIpc) is 2.22. The Labute approximate surface area is 80.4 Å². The van der Waals surface area contributed by atoms with E-state index in [-0.39, 0.29) is 12.8 Å². The van der Waals surface area contributed by atoms with E-state index in [2.05, 4.69) is 10.1 Å². The molecule has 0 rings (SSSR count). The number of hydrogen-bond donors (Lipinski definition) is 3. The third kappa shape index (κ3) is 4.41. The molecule has 80 valence electrons. The standard InChI is InChI=1S/C7H12N2O5/c1-14-7(12)5(8-4-10)2-3-6(11)9-13/h4-5,13H,2-3H2,1H3,(H,8,10)(H,9,11). The fraction of sp³-hybridized carbons (Fsp3) is 0.571. The van der Waals surface area contributed by atoms with Crippen LogP contribution in [0.2, 0.25) is 0 Å². The van der Waals surface area contributed by atoms with Crippen molar-refractivity contribution in [2.24, 2.45) is 0 Å². The molecule has 0 aliphatic heterocycles.